The molecule has 18 heavy (non-hydrogen) atoms. The molecule has 2 atom stereocenters. The Morgan fingerprint density at radius 1 is 1.44 bits per heavy atom. The lowest BCUT2D eigenvalue weighted by Gasteiger charge is -2.20. The minimum absolute atomic E-state index is 0.0570. The maximum absolute atomic E-state index is 11.1. The van der Waals surface area contributed by atoms with Gasteiger partial charge in [0.05, 0.1) is 18.8 Å². The van der Waals surface area contributed by atoms with E-state index in [-0.39, 0.29) is 17.7 Å². The van der Waals surface area contributed by atoms with Gasteiger partial charge in [0, 0.05) is 12.1 Å². The molecule has 0 aliphatic carbocycles. The molecule has 0 radical (unpaired) electrons. The summed E-state index contributed by atoms with van der Waals surface area (Å²) in [5.41, 5.74) is 0.0723. The summed E-state index contributed by atoms with van der Waals surface area (Å²) in [6.07, 6.45) is -2.39. The van der Waals surface area contributed by atoms with E-state index in [2.05, 4.69) is 5.32 Å². The fourth-order valence-electron chi connectivity index (χ4n) is 1.64. The van der Waals surface area contributed by atoms with Crippen LogP contribution in [0.4, 0.5) is 0 Å². The highest BCUT2D eigenvalue weighted by atomic mass is 16.5. The second-order valence-corrected chi connectivity index (χ2v) is 3.83. The van der Waals surface area contributed by atoms with Gasteiger partial charge in [0.25, 0.3) is 0 Å². The number of nitrogens with one attached hydrogen (secondary N) is 1. The minimum atomic E-state index is -1.29. The zero-order valence-electron chi connectivity index (χ0n) is 10.3. The third-order valence-corrected chi connectivity index (χ3v) is 2.59. The molecule has 0 bridgehead atoms. The fourth-order valence-corrected chi connectivity index (χ4v) is 1.64. The first-order valence-electron chi connectivity index (χ1n) is 5.43. The zero-order valence-corrected chi connectivity index (χ0v) is 10.3. The lowest BCUT2D eigenvalue weighted by molar-refractivity contribution is 0.0191. The van der Waals surface area contributed by atoms with Crippen LogP contribution in [-0.4, -0.2) is 48.1 Å². The highest BCUT2D eigenvalue weighted by Crippen LogP contribution is 2.25. The van der Waals surface area contributed by atoms with Crippen LogP contribution in [0.25, 0.3) is 0 Å². The molecule has 4 N–H and O–H groups in total. The molecular weight excluding hydrogens is 238 g/mol. The van der Waals surface area contributed by atoms with Crippen LogP contribution in [0.15, 0.2) is 18.2 Å². The van der Waals surface area contributed by atoms with Crippen molar-refractivity contribution in [2.75, 3.05) is 20.7 Å². The topological polar surface area (TPSA) is 99.0 Å². The van der Waals surface area contributed by atoms with Crippen molar-refractivity contribution in [1.29, 1.82) is 0 Å². The Bertz CT molecular complexity index is 421. The summed E-state index contributed by atoms with van der Waals surface area (Å²) in [6.45, 7) is 0.150. The van der Waals surface area contributed by atoms with E-state index in [1.54, 1.807) is 7.05 Å². The van der Waals surface area contributed by atoms with Gasteiger partial charge < -0.3 is 25.4 Å². The van der Waals surface area contributed by atoms with Crippen LogP contribution in [0.1, 0.15) is 22.0 Å². The fraction of sp³-hybridized carbons (Fsp3) is 0.417. The number of hydrogen-bond donors (Lipinski definition) is 4. The number of aliphatic hydroxyl groups is 2. The Morgan fingerprint density at radius 3 is 2.61 bits per heavy atom. The van der Waals surface area contributed by atoms with E-state index in [1.165, 1.54) is 25.3 Å². The molecule has 100 valence electrons. The van der Waals surface area contributed by atoms with E-state index in [1.807, 2.05) is 0 Å². The zero-order chi connectivity index (χ0) is 13.7. The van der Waals surface area contributed by atoms with Crippen molar-refractivity contribution in [3.05, 3.63) is 29.3 Å². The van der Waals surface area contributed by atoms with Crippen molar-refractivity contribution < 1.29 is 24.9 Å². The Labute approximate surface area is 105 Å². The van der Waals surface area contributed by atoms with Crippen molar-refractivity contribution in [2.45, 2.75) is 12.2 Å². The summed E-state index contributed by atoms with van der Waals surface area (Å²) in [6, 6.07) is 4.24. The highest BCUT2D eigenvalue weighted by molar-refractivity contribution is 5.89. The summed E-state index contributed by atoms with van der Waals surface area (Å²) >= 11 is 0. The molecular formula is C12H17NO5. The first-order chi connectivity index (χ1) is 8.51. The quantitative estimate of drug-likeness (QED) is 0.571. The Morgan fingerprint density at radius 2 is 2.11 bits per heavy atom. The molecule has 0 aromatic heterocycles. The van der Waals surface area contributed by atoms with Gasteiger partial charge in [-0.15, -0.1) is 0 Å². The minimum Gasteiger partial charge on any atom is -0.497 e. The molecule has 0 amide bonds. The molecule has 6 nitrogen and oxygen atoms in total. The van der Waals surface area contributed by atoms with Gasteiger partial charge >= 0.3 is 5.97 Å². The largest absolute Gasteiger partial charge is 0.497 e. The maximum Gasteiger partial charge on any atom is 0.336 e. The molecule has 0 heterocycles. The van der Waals surface area contributed by atoms with Crippen LogP contribution < -0.4 is 10.1 Å². The molecule has 1 aromatic carbocycles. The van der Waals surface area contributed by atoms with Crippen LogP contribution in [0.5, 0.6) is 5.75 Å². The van der Waals surface area contributed by atoms with E-state index < -0.39 is 18.2 Å². The number of carboxylic acid groups (broad SMARTS) is 1. The predicted octanol–water partition coefficient (Wildman–Crippen LogP) is 0.00710. The molecule has 1 rings (SSSR count). The van der Waals surface area contributed by atoms with E-state index in [0.29, 0.717) is 5.75 Å². The number of carboxylic acids is 1. The van der Waals surface area contributed by atoms with Crippen LogP contribution in [0.3, 0.4) is 0 Å². The van der Waals surface area contributed by atoms with Crippen LogP contribution in [0.2, 0.25) is 0 Å². The van der Waals surface area contributed by atoms with E-state index in [4.69, 9.17) is 9.84 Å². The van der Waals surface area contributed by atoms with Crippen molar-refractivity contribution in [3.8, 4) is 5.75 Å². The van der Waals surface area contributed by atoms with Crippen LogP contribution in [0, 0.1) is 0 Å². The number of likely N-dealkylation sites (N-methyl/N-ethyl adjacent to an activating group) is 1. The molecule has 0 aliphatic rings. The number of methoxy groups -OCH3 is 1. The van der Waals surface area contributed by atoms with E-state index in [9.17, 15) is 15.0 Å². The van der Waals surface area contributed by atoms with Crippen molar-refractivity contribution in [3.63, 3.8) is 0 Å². The van der Waals surface area contributed by atoms with Crippen LogP contribution in [-0.2, 0) is 0 Å². The number of carbonyl (C=O) groups is 1. The number of rotatable bonds is 6. The van der Waals surface area contributed by atoms with Crippen molar-refractivity contribution >= 4 is 5.97 Å². The average Bonchev–Trinajstić information content (AvgIpc) is 2.37. The molecule has 0 saturated heterocycles. The van der Waals surface area contributed by atoms with Gasteiger partial charge in [0.2, 0.25) is 0 Å². The average molecular weight is 255 g/mol. The second kappa shape index (κ2) is 6.34. The predicted molar refractivity (Wildman–Crippen MR) is 64.8 cm³/mol. The maximum atomic E-state index is 11.1. The lowest BCUT2D eigenvalue weighted by atomic mass is 9.98. The number of benzene rings is 1. The molecule has 0 fully saturated rings. The number of aliphatic hydroxyl groups excluding tert-OH is 2. The van der Waals surface area contributed by atoms with Gasteiger partial charge in [0.1, 0.15) is 11.9 Å². The monoisotopic (exact) mass is 255 g/mol. The number of ether oxygens (including phenoxy) is 1. The van der Waals surface area contributed by atoms with Gasteiger partial charge in [-0.2, -0.15) is 0 Å². The van der Waals surface area contributed by atoms with Gasteiger partial charge in [-0.25, -0.2) is 4.79 Å². The summed E-state index contributed by atoms with van der Waals surface area (Å²) in [4.78, 5) is 11.1. The molecule has 0 spiro atoms. The molecule has 0 saturated carbocycles. The van der Waals surface area contributed by atoms with Gasteiger partial charge in [-0.05, 0) is 25.2 Å². The molecule has 1 aromatic rings. The Kier molecular flexibility index (Phi) is 5.08. The molecule has 6 heteroatoms. The normalized spacial score (nSPS) is 14.0. The second-order valence-electron chi connectivity index (χ2n) is 3.83. The van der Waals surface area contributed by atoms with Gasteiger partial charge in [0.15, 0.2) is 0 Å². The Hall–Kier alpha value is -1.63. The lowest BCUT2D eigenvalue weighted by Crippen LogP contribution is -2.30. The molecule has 0 aliphatic heterocycles. The third-order valence-electron chi connectivity index (χ3n) is 2.59. The van der Waals surface area contributed by atoms with E-state index >= 15 is 0 Å². The number of hydrogen-bond acceptors (Lipinski definition) is 5. The number of aromatic carboxylic acids is 1. The summed E-state index contributed by atoms with van der Waals surface area (Å²) in [5.74, 6) is -0.742. The van der Waals surface area contributed by atoms with Crippen molar-refractivity contribution in [2.24, 2.45) is 0 Å². The first kappa shape index (κ1) is 14.4. The summed E-state index contributed by atoms with van der Waals surface area (Å²) in [5, 5.41) is 31.4. The van der Waals surface area contributed by atoms with Gasteiger partial charge in [-0.3, -0.25) is 0 Å². The third kappa shape index (κ3) is 3.19. The Balaban J connectivity index is 3.14. The summed E-state index contributed by atoms with van der Waals surface area (Å²) in [7, 11) is 3.07. The standard InChI is InChI=1S/C12H17NO5/c1-13-6-10(14)11(15)9-5-7(18-2)3-4-8(9)12(16)17/h3-5,10-11,13-15H,6H2,1-2H3,(H,16,17). The van der Waals surface area contributed by atoms with Gasteiger partial charge in [-0.1, -0.05) is 0 Å². The highest BCUT2D eigenvalue weighted by Gasteiger charge is 2.23. The SMILES string of the molecule is CNCC(O)C(O)c1cc(OC)ccc1C(=O)O. The van der Waals surface area contributed by atoms with Crippen LogP contribution >= 0.6 is 0 Å². The van der Waals surface area contributed by atoms with Crippen molar-refractivity contribution in [1.82, 2.24) is 5.32 Å². The molecule has 2 unspecified atom stereocenters. The smallest absolute Gasteiger partial charge is 0.336 e. The van der Waals surface area contributed by atoms with E-state index in [0.717, 1.165) is 0 Å². The summed E-state index contributed by atoms with van der Waals surface area (Å²) < 4.78 is 4.98. The first-order valence-corrected chi connectivity index (χ1v) is 5.43.